The first-order valence-corrected chi connectivity index (χ1v) is 5.39. The van der Waals surface area contributed by atoms with Gasteiger partial charge in [-0.25, -0.2) is 0 Å². The first kappa shape index (κ1) is 22.6. The summed E-state index contributed by atoms with van der Waals surface area (Å²) in [5.41, 5.74) is 11.1. The van der Waals surface area contributed by atoms with Gasteiger partial charge in [-0.2, -0.15) is 0 Å². The molecule has 0 aliphatic heterocycles. The predicted molar refractivity (Wildman–Crippen MR) is 73.4 cm³/mol. The van der Waals surface area contributed by atoms with Crippen LogP contribution in [-0.2, 0) is 9.59 Å². The van der Waals surface area contributed by atoms with E-state index in [9.17, 15) is 9.59 Å². The van der Waals surface area contributed by atoms with Gasteiger partial charge in [-0.1, -0.05) is 0 Å². The van der Waals surface area contributed by atoms with E-state index in [1.54, 1.807) is 0 Å². The van der Waals surface area contributed by atoms with Crippen LogP contribution in [0.5, 0.6) is 0 Å². The van der Waals surface area contributed by atoms with E-state index in [0.717, 1.165) is 0 Å². The van der Waals surface area contributed by atoms with Crippen LogP contribution in [-0.4, -0.2) is 34.2 Å². The van der Waals surface area contributed by atoms with Crippen LogP contribution in [0.4, 0.5) is 0 Å². The van der Waals surface area contributed by atoms with Crippen molar-refractivity contribution in [2.45, 2.75) is 50.6 Å². The number of hydrogen-bond donors (Lipinski definition) is 4. The molecule has 0 fully saturated rings. The Morgan fingerprint density at radius 2 is 1.44 bits per heavy atom. The van der Waals surface area contributed by atoms with Gasteiger partial charge in [0, 0.05) is 12.5 Å². The summed E-state index contributed by atoms with van der Waals surface area (Å²) in [5.74, 6) is -1.82. The second-order valence-corrected chi connectivity index (χ2v) is 3.92. The smallest absolute Gasteiger partial charge is 0.320 e. The van der Waals surface area contributed by atoms with E-state index < -0.39 is 18.0 Å². The van der Waals surface area contributed by atoms with Gasteiger partial charge in [0.15, 0.2) is 0 Å². The maximum absolute atomic E-state index is 10.4. The normalized spacial score (nSPS) is 12.8. The second kappa shape index (κ2) is 12.9. The van der Waals surface area contributed by atoms with Gasteiger partial charge < -0.3 is 21.7 Å². The molecule has 8 heteroatoms. The lowest BCUT2D eigenvalue weighted by Crippen LogP contribution is -2.30. The molecule has 18 heavy (non-hydrogen) atoms. The molecule has 2 unspecified atom stereocenters. The van der Waals surface area contributed by atoms with Crippen LogP contribution < -0.4 is 11.5 Å². The van der Waals surface area contributed by atoms with E-state index in [2.05, 4.69) is 0 Å². The van der Waals surface area contributed by atoms with Crippen LogP contribution in [0.15, 0.2) is 0 Å². The number of aliphatic carboxylic acids is 2. The van der Waals surface area contributed by atoms with Crippen molar-refractivity contribution >= 4 is 36.8 Å². The summed E-state index contributed by atoms with van der Waals surface area (Å²) in [6.07, 6.45) is 3.07. The Hall–Kier alpha value is -0.560. The lowest BCUT2D eigenvalue weighted by molar-refractivity contribution is -0.139. The van der Waals surface area contributed by atoms with Gasteiger partial charge >= 0.3 is 11.9 Å². The van der Waals surface area contributed by atoms with Crippen molar-refractivity contribution in [3.05, 3.63) is 0 Å². The molecule has 0 saturated carbocycles. The van der Waals surface area contributed by atoms with Gasteiger partial charge in [0.25, 0.3) is 0 Å². The van der Waals surface area contributed by atoms with E-state index in [1.165, 1.54) is 0 Å². The lowest BCUT2D eigenvalue weighted by Gasteiger charge is -2.11. The molecule has 0 rings (SSSR count). The highest BCUT2D eigenvalue weighted by Crippen LogP contribution is 2.07. The maximum atomic E-state index is 10.4. The Kier molecular flexibility index (Phi) is 16.2. The number of halogens is 2. The summed E-state index contributed by atoms with van der Waals surface area (Å²) in [4.78, 5) is 20.6. The van der Waals surface area contributed by atoms with E-state index in [1.807, 2.05) is 0 Å². The quantitative estimate of drug-likeness (QED) is 0.503. The van der Waals surface area contributed by atoms with Crippen molar-refractivity contribution in [2.75, 3.05) is 0 Å². The average molecular weight is 305 g/mol. The van der Waals surface area contributed by atoms with Gasteiger partial charge in [-0.15, -0.1) is 24.8 Å². The monoisotopic (exact) mass is 304 g/mol. The van der Waals surface area contributed by atoms with Gasteiger partial charge in [-0.3, -0.25) is 9.59 Å². The number of hydrogen-bond acceptors (Lipinski definition) is 4. The first-order valence-electron chi connectivity index (χ1n) is 5.39. The van der Waals surface area contributed by atoms with Crippen molar-refractivity contribution in [3.63, 3.8) is 0 Å². The molecule has 0 aromatic carbocycles. The molecule has 110 valence electrons. The Morgan fingerprint density at radius 1 is 0.944 bits per heavy atom. The molecule has 6 nitrogen and oxygen atoms in total. The summed E-state index contributed by atoms with van der Waals surface area (Å²) in [6, 6.07) is -0.897. The molecule has 0 spiro atoms. The van der Waals surface area contributed by atoms with Crippen LogP contribution >= 0.6 is 24.8 Å². The molecular weight excluding hydrogens is 283 g/mol. The molecule has 0 saturated heterocycles. The molecule has 2 atom stereocenters. The van der Waals surface area contributed by atoms with Crippen LogP contribution in [0, 0.1) is 0 Å². The first-order chi connectivity index (χ1) is 7.43. The minimum Gasteiger partial charge on any atom is -0.481 e. The van der Waals surface area contributed by atoms with Crippen LogP contribution in [0.25, 0.3) is 0 Å². The zero-order chi connectivity index (χ0) is 12.6. The number of carbonyl (C=O) groups is 2. The molecule has 0 aromatic heterocycles. The highest BCUT2D eigenvalue weighted by molar-refractivity contribution is 5.85. The fourth-order valence-electron chi connectivity index (χ4n) is 1.38. The van der Waals surface area contributed by atoms with Crippen molar-refractivity contribution in [1.82, 2.24) is 0 Å². The van der Waals surface area contributed by atoms with Gasteiger partial charge in [0.1, 0.15) is 6.04 Å². The van der Waals surface area contributed by atoms with Gasteiger partial charge in [0.2, 0.25) is 0 Å². The topological polar surface area (TPSA) is 127 Å². The molecule has 0 radical (unpaired) electrons. The Bertz CT molecular complexity index is 242. The molecule has 0 bridgehead atoms. The highest BCUT2D eigenvalue weighted by Gasteiger charge is 2.11. The third kappa shape index (κ3) is 13.5. The minimum absolute atomic E-state index is 0. The third-order valence-corrected chi connectivity index (χ3v) is 2.37. The molecular formula is C10H22Cl2N2O4. The third-order valence-electron chi connectivity index (χ3n) is 2.37. The number of rotatable bonds is 9. The zero-order valence-electron chi connectivity index (χ0n) is 10.1. The number of carboxylic acids is 2. The van der Waals surface area contributed by atoms with E-state index in [0.29, 0.717) is 32.1 Å². The van der Waals surface area contributed by atoms with Crippen LogP contribution in [0.1, 0.15) is 38.5 Å². The predicted octanol–water partition coefficient (Wildman–Crippen LogP) is 0.994. The van der Waals surface area contributed by atoms with Crippen molar-refractivity contribution in [3.8, 4) is 0 Å². The number of nitrogens with two attached hydrogens (primary N) is 2. The summed E-state index contributed by atoms with van der Waals surface area (Å²) >= 11 is 0. The van der Waals surface area contributed by atoms with Crippen molar-refractivity contribution < 1.29 is 19.8 Å². The lowest BCUT2D eigenvalue weighted by atomic mass is 10.0. The van der Waals surface area contributed by atoms with E-state index in [-0.39, 0.29) is 37.3 Å². The van der Waals surface area contributed by atoms with Crippen LogP contribution in [0.2, 0.25) is 0 Å². The van der Waals surface area contributed by atoms with Crippen LogP contribution in [0.3, 0.4) is 0 Å². The Labute approximate surface area is 119 Å². The fourth-order valence-corrected chi connectivity index (χ4v) is 1.38. The Balaban J connectivity index is -0.00000112. The zero-order valence-corrected chi connectivity index (χ0v) is 11.7. The molecule has 6 N–H and O–H groups in total. The standard InChI is InChI=1S/C10H20N2O4.2ClH/c11-7(4-2-6-9(13)14)3-1-5-8(12)10(15)16;;/h7-8H,1-6,11-12H2,(H,13,14)(H,15,16);2*1H. The van der Waals surface area contributed by atoms with Gasteiger partial charge in [-0.05, 0) is 32.1 Å². The fraction of sp³-hybridized carbons (Fsp3) is 0.800. The van der Waals surface area contributed by atoms with Crippen molar-refractivity contribution in [1.29, 1.82) is 0 Å². The largest absolute Gasteiger partial charge is 0.481 e. The summed E-state index contributed by atoms with van der Waals surface area (Å²) in [7, 11) is 0. The number of carboxylic acid groups (broad SMARTS) is 2. The Morgan fingerprint density at radius 3 is 1.89 bits per heavy atom. The molecule has 0 amide bonds. The molecule has 0 aliphatic carbocycles. The van der Waals surface area contributed by atoms with E-state index in [4.69, 9.17) is 21.7 Å². The summed E-state index contributed by atoms with van der Waals surface area (Å²) in [5, 5.41) is 16.9. The SMILES string of the molecule is Cl.Cl.NC(CCCC(=O)O)CCCC(N)C(=O)O. The summed E-state index contributed by atoms with van der Waals surface area (Å²) in [6.45, 7) is 0. The minimum atomic E-state index is -1.00. The highest BCUT2D eigenvalue weighted by atomic mass is 35.5. The molecule has 0 heterocycles. The van der Waals surface area contributed by atoms with E-state index >= 15 is 0 Å². The van der Waals surface area contributed by atoms with Crippen molar-refractivity contribution in [2.24, 2.45) is 11.5 Å². The summed E-state index contributed by atoms with van der Waals surface area (Å²) < 4.78 is 0. The second-order valence-electron chi connectivity index (χ2n) is 3.92. The van der Waals surface area contributed by atoms with Gasteiger partial charge in [0.05, 0.1) is 0 Å². The molecule has 0 aliphatic rings. The molecule has 0 aromatic rings. The maximum Gasteiger partial charge on any atom is 0.320 e. The average Bonchev–Trinajstić information content (AvgIpc) is 2.16.